The van der Waals surface area contributed by atoms with Gasteiger partial charge in [-0.15, -0.1) is 0 Å². The monoisotopic (exact) mass is 1850 g/mol. The largest absolute Gasteiger partial charge is 0.508 e. The van der Waals surface area contributed by atoms with Crippen molar-refractivity contribution in [2.75, 3.05) is 19.6 Å². The summed E-state index contributed by atoms with van der Waals surface area (Å²) in [5.41, 5.74) is 32.0. The molecule has 0 saturated heterocycles. The van der Waals surface area contributed by atoms with Gasteiger partial charge in [0.25, 0.3) is 0 Å². The summed E-state index contributed by atoms with van der Waals surface area (Å²) in [6.07, 6.45) is -5.51. The SMILES string of the molecule is CC(=O)N[C@@H](CC(C)C)C(=O)N[C@@H](CCCNC(=N)N)C(=O)N[C@@H](Cc1cnc[nH]1)C(=O)N[C@@H](Cc1c(F)c(F)c(F)c(F)c1F)C(=O)N[C@@H](CC(C)C)C(=O)N[C@@H](CC(N)=O)C(=O)N[C@@H](CC(C)C)C(=O)N[C@H](C(=O)N[C@H](C(=O)N[C@@H](CCCNC(=N)N)C(=O)N[C@@H](CCC(N)=O)C(=O)N[C@@H](CCCNC(=N)N)C(=O)N[C@@H](Cc1ccc(O)cc1)C(N)=O)[C@@H](C)O)C(C)C. The zero-order chi connectivity index (χ0) is 98.3. The third-order valence-electron chi connectivity index (χ3n) is 19.6. The van der Waals surface area contributed by atoms with Crippen LogP contribution in [-0.2, 0) is 96.0 Å². The molecule has 2 aromatic carbocycles. The first-order valence-corrected chi connectivity index (χ1v) is 41.8. The lowest BCUT2D eigenvalue weighted by molar-refractivity contribution is -0.138. The number of benzene rings is 2. The Balaban J connectivity index is 2.06. The molecule has 1 heterocycles. The van der Waals surface area contributed by atoms with Gasteiger partial charge in [0.1, 0.15) is 84.3 Å². The van der Waals surface area contributed by atoms with Crippen molar-refractivity contribution >= 4 is 112 Å². The van der Waals surface area contributed by atoms with Gasteiger partial charge < -0.3 is 135 Å². The second-order valence-electron chi connectivity index (χ2n) is 32.6. The number of imidazole rings is 1. The zero-order valence-electron chi connectivity index (χ0n) is 73.8. The number of aromatic amines is 1. The Hall–Kier alpha value is -13.6. The number of aliphatic hydroxyl groups is 1. The van der Waals surface area contributed by atoms with Crippen LogP contribution in [0.2, 0.25) is 0 Å². The van der Waals surface area contributed by atoms with Gasteiger partial charge in [-0.05, 0) is 112 Å². The van der Waals surface area contributed by atoms with Crippen molar-refractivity contribution in [3.05, 3.63) is 82.7 Å². The molecule has 34 N–H and O–H groups in total. The number of nitrogens with two attached hydrogens (primary N) is 6. The van der Waals surface area contributed by atoms with Crippen molar-refractivity contribution in [2.24, 2.45) is 58.1 Å². The molecular formula is C80H124F5N27O18. The number of phenolic OH excluding ortho intramolecular Hbond substituents is 1. The number of guanidine groups is 3. The Morgan fingerprint density at radius 1 is 0.392 bits per heavy atom. The number of H-pyrrole nitrogens is 1. The molecule has 50 heteroatoms. The van der Waals surface area contributed by atoms with Crippen molar-refractivity contribution in [3.8, 4) is 5.75 Å². The molecule has 0 fully saturated rings. The minimum atomic E-state index is -2.61. The molecule has 3 aromatic rings. The summed E-state index contributed by atoms with van der Waals surface area (Å²) < 4.78 is 76.2. The van der Waals surface area contributed by atoms with Gasteiger partial charge in [0.05, 0.1) is 18.9 Å². The number of halogens is 5. The Bertz CT molecular complexity index is 4430. The molecule has 1 aromatic heterocycles. The quantitative estimate of drug-likeness (QED) is 0.00627. The molecule has 45 nitrogen and oxygen atoms in total. The van der Waals surface area contributed by atoms with Crippen LogP contribution in [0, 0.1) is 69.0 Å². The molecule has 0 bridgehead atoms. The molecule has 0 aliphatic carbocycles. The van der Waals surface area contributed by atoms with Crippen molar-refractivity contribution in [1.29, 1.82) is 16.2 Å². The average molecular weight is 1850 g/mol. The van der Waals surface area contributed by atoms with Crippen LogP contribution in [0.4, 0.5) is 22.0 Å². The van der Waals surface area contributed by atoms with Crippen LogP contribution in [0.25, 0.3) is 0 Å². The van der Waals surface area contributed by atoms with Gasteiger partial charge in [0, 0.05) is 69.7 Å². The van der Waals surface area contributed by atoms with E-state index in [0.29, 0.717) is 5.56 Å². The number of nitrogens with zero attached hydrogens (tertiary/aromatic N) is 1. The molecule has 14 atom stereocenters. The van der Waals surface area contributed by atoms with Crippen molar-refractivity contribution in [2.45, 2.75) is 250 Å². The van der Waals surface area contributed by atoms with E-state index >= 15 is 17.6 Å². The number of carbonyl (C=O) groups excluding carboxylic acids is 16. The molecule has 0 aliphatic rings. The van der Waals surface area contributed by atoms with Crippen LogP contribution in [-0.4, -0.2) is 237 Å². The summed E-state index contributed by atoms with van der Waals surface area (Å²) in [6.45, 7) is 14.6. The van der Waals surface area contributed by atoms with E-state index in [1.54, 1.807) is 27.7 Å². The van der Waals surface area contributed by atoms with E-state index in [1.807, 2.05) is 0 Å². The molecule has 0 radical (unpaired) electrons. The molecule has 0 aliphatic heterocycles. The van der Waals surface area contributed by atoms with E-state index in [-0.39, 0.29) is 94.8 Å². The maximum atomic E-state index is 15.8. The first-order chi connectivity index (χ1) is 60.8. The number of aliphatic hydroxyl groups excluding tert-OH is 1. The van der Waals surface area contributed by atoms with Crippen LogP contribution in [0.5, 0.6) is 5.75 Å². The Morgan fingerprint density at radius 2 is 0.723 bits per heavy atom. The fraction of sp³-hybridized carbons (Fsp3) is 0.575. The minimum absolute atomic E-state index is 0.00866. The third kappa shape index (κ3) is 39.3. The zero-order valence-corrected chi connectivity index (χ0v) is 73.8. The molecule has 0 saturated carbocycles. The molecular weight excluding hydrogens is 1720 g/mol. The fourth-order valence-corrected chi connectivity index (χ4v) is 13.0. The van der Waals surface area contributed by atoms with Gasteiger partial charge in [-0.25, -0.2) is 26.9 Å². The van der Waals surface area contributed by atoms with Crippen LogP contribution in [0.1, 0.15) is 163 Å². The highest BCUT2D eigenvalue weighted by Gasteiger charge is 2.41. The number of amides is 16. The van der Waals surface area contributed by atoms with Crippen molar-refractivity contribution < 1.29 is 109 Å². The molecule has 130 heavy (non-hydrogen) atoms. The van der Waals surface area contributed by atoms with Gasteiger partial charge in [-0.3, -0.25) is 92.9 Å². The number of aromatic hydroxyl groups is 1. The second kappa shape index (κ2) is 54.5. The summed E-state index contributed by atoms with van der Waals surface area (Å²) >= 11 is 0. The highest BCUT2D eigenvalue weighted by atomic mass is 19.2. The maximum absolute atomic E-state index is 15.8. The highest BCUT2D eigenvalue weighted by molar-refractivity contribution is 6.01. The molecule has 3 rings (SSSR count). The van der Waals surface area contributed by atoms with E-state index in [2.05, 4.69) is 95.0 Å². The predicted molar refractivity (Wildman–Crippen MR) is 459 cm³/mol. The van der Waals surface area contributed by atoms with Gasteiger partial charge in [-0.1, -0.05) is 67.5 Å². The Labute approximate surface area is 746 Å². The Morgan fingerprint density at radius 3 is 1.09 bits per heavy atom. The Kier molecular flexibility index (Phi) is 46.4. The van der Waals surface area contributed by atoms with Crippen molar-refractivity contribution in [1.82, 2.24) is 95.0 Å². The predicted octanol–water partition coefficient (Wildman–Crippen LogP) is -5.25. The van der Waals surface area contributed by atoms with E-state index in [1.165, 1.54) is 58.2 Å². The smallest absolute Gasteiger partial charge is 0.245 e. The molecule has 0 spiro atoms. The number of hydrogen-bond acceptors (Lipinski definition) is 22. The normalized spacial score (nSPS) is 14.4. The molecule has 722 valence electrons. The minimum Gasteiger partial charge on any atom is -0.508 e. The van der Waals surface area contributed by atoms with Gasteiger partial charge in [0.2, 0.25) is 100 Å². The number of hydrogen-bond donors (Lipinski definition) is 28. The molecule has 16 amide bonds. The number of nitrogens with one attached hydrogen (secondary N) is 20. The topological polar surface area (TPSA) is 762 Å². The van der Waals surface area contributed by atoms with Crippen molar-refractivity contribution in [3.63, 3.8) is 0 Å². The van der Waals surface area contributed by atoms with Crippen LogP contribution < -0.4 is 119 Å². The number of rotatable bonds is 57. The van der Waals surface area contributed by atoms with Gasteiger partial charge in [-0.2, -0.15) is 0 Å². The summed E-state index contributed by atoms with van der Waals surface area (Å²) in [5, 5.41) is 82.5. The summed E-state index contributed by atoms with van der Waals surface area (Å²) in [5.74, 6) is -34.6. The van der Waals surface area contributed by atoms with Gasteiger partial charge >= 0.3 is 0 Å². The fourth-order valence-electron chi connectivity index (χ4n) is 13.0. The van der Waals surface area contributed by atoms with Crippen LogP contribution in [0.3, 0.4) is 0 Å². The number of aromatic nitrogens is 2. The average Bonchev–Trinajstić information content (AvgIpc) is 0.887. The van der Waals surface area contributed by atoms with E-state index in [0.717, 1.165) is 20.2 Å². The lowest BCUT2D eigenvalue weighted by Crippen LogP contribution is -2.63. The van der Waals surface area contributed by atoms with Crippen LogP contribution >= 0.6 is 0 Å². The summed E-state index contributed by atoms with van der Waals surface area (Å²) in [6, 6.07) is -17.4. The van der Waals surface area contributed by atoms with Gasteiger partial charge in [0.15, 0.2) is 41.1 Å². The third-order valence-corrected chi connectivity index (χ3v) is 19.6. The highest BCUT2D eigenvalue weighted by Crippen LogP contribution is 2.26. The maximum Gasteiger partial charge on any atom is 0.245 e. The van der Waals surface area contributed by atoms with E-state index in [4.69, 9.17) is 50.6 Å². The summed E-state index contributed by atoms with van der Waals surface area (Å²) in [7, 11) is 0. The first kappa shape index (κ1) is 111. The summed E-state index contributed by atoms with van der Waals surface area (Å²) in [4.78, 5) is 230. The number of phenols is 1. The van der Waals surface area contributed by atoms with E-state index in [9.17, 15) is 91.3 Å². The van der Waals surface area contributed by atoms with E-state index < -0.39 is 288 Å². The number of carbonyl (C=O) groups is 16. The van der Waals surface area contributed by atoms with Crippen LogP contribution in [0.15, 0.2) is 36.8 Å². The first-order valence-electron chi connectivity index (χ1n) is 41.8. The second-order valence-corrected chi connectivity index (χ2v) is 32.6. The number of primary amides is 3. The molecule has 0 unspecified atom stereocenters. The lowest BCUT2D eigenvalue weighted by atomic mass is 9.98. The lowest BCUT2D eigenvalue weighted by Gasteiger charge is -2.30. The standard InChI is InChI=1S/C80H124F5N27O18/c1-35(2)26-50(100-40(10)114)70(123)102-46(15-12-24-97-79(91)92)68(121)108-53(30-42-33-95-34-99-42)72(125)109-54(31-44-58(81)60(83)62(85)61(84)59(44)82)73(126)106-51(27-36(3)4)71(124)110-55(32-57(87)117)74(127)107-52(28-37(5)6)75(128)111-63(38(7)8)76(129)112-64(39(9)113)77(130)104-47(16-13-25-98-80(93)94)66(119)103-48(21-22-56(86)116)69(122)101-45(14-11-23-96-78(89)90)67(120)105-49(65(88)118)29-41-17-19-43(115)20-18-41/h17-20,33-39,45-55,63-64,113,115H,11-16,21-32H2,1-10H3,(H2,86,116)(H2,87,117)(H2,88,118)(H,95,99)(H,100,114)(H,101,122)(H,102,123)(H,103,119)(H,104,130)(H,105,120)(H,106,126)(H,107,127)(H,108,121)(H,109,125)(H,110,124)(H,111,128)(H,112,129)(H4,89,90,96)(H4,91,92,97)(H4,93,94,98)/t39-,45+,46+,47+,48+,49+,50+,51+,52+,53+,54+,55+,63+,64+/m1/s1.